The molecule has 3 atom stereocenters. The third kappa shape index (κ3) is 4.65. The van der Waals surface area contributed by atoms with Crippen LogP contribution in [0, 0.1) is 11.3 Å². The smallest absolute Gasteiger partial charge is 0.255 e. The molecule has 7 nitrogen and oxygen atoms in total. The number of piperidine rings is 1. The van der Waals surface area contributed by atoms with Gasteiger partial charge in [0, 0.05) is 24.6 Å². The van der Waals surface area contributed by atoms with Crippen LogP contribution in [0.5, 0.6) is 5.75 Å². The lowest BCUT2D eigenvalue weighted by Crippen LogP contribution is -2.52. The molecular weight excluding hydrogens is 418 g/mol. The Hall–Kier alpha value is -2.41. The number of rotatable bonds is 6. The Kier molecular flexibility index (Phi) is 5.93. The molecule has 1 aromatic rings. The number of fused-ring (bicyclic) bond motifs is 1. The first kappa shape index (κ1) is 22.4. The van der Waals surface area contributed by atoms with E-state index in [1.807, 2.05) is 18.2 Å². The van der Waals surface area contributed by atoms with Crippen molar-refractivity contribution in [1.29, 1.82) is 0 Å². The van der Waals surface area contributed by atoms with Crippen LogP contribution in [-0.4, -0.2) is 47.4 Å². The van der Waals surface area contributed by atoms with Crippen LogP contribution in [-0.2, 0) is 16.1 Å². The molecule has 2 aliphatic carbocycles. The molecule has 2 saturated carbocycles. The van der Waals surface area contributed by atoms with Crippen molar-refractivity contribution in [3.05, 3.63) is 29.3 Å². The molecule has 3 fully saturated rings. The fraction of sp³-hybridized carbons (Fsp3) is 0.654. The molecule has 33 heavy (non-hydrogen) atoms. The molecule has 178 valence electrons. The summed E-state index contributed by atoms with van der Waals surface area (Å²) in [7, 11) is 0. The van der Waals surface area contributed by atoms with Gasteiger partial charge in [-0.2, -0.15) is 0 Å². The summed E-state index contributed by atoms with van der Waals surface area (Å²) in [5.74, 6) is 0.760. The van der Waals surface area contributed by atoms with Crippen molar-refractivity contribution in [3.8, 4) is 5.75 Å². The number of amides is 3. The number of nitrogens with one attached hydrogen (secondary N) is 2. The van der Waals surface area contributed by atoms with Crippen molar-refractivity contribution in [2.75, 3.05) is 6.54 Å². The van der Waals surface area contributed by atoms with Gasteiger partial charge in [0.2, 0.25) is 11.8 Å². The number of ether oxygens (including phenoxy) is 1. The highest BCUT2D eigenvalue weighted by Crippen LogP contribution is 2.44. The molecule has 1 aromatic carbocycles. The predicted molar refractivity (Wildman–Crippen MR) is 124 cm³/mol. The van der Waals surface area contributed by atoms with E-state index in [1.54, 1.807) is 4.90 Å². The van der Waals surface area contributed by atoms with Crippen LogP contribution in [0.15, 0.2) is 18.2 Å². The largest absolute Gasteiger partial charge is 0.489 e. The van der Waals surface area contributed by atoms with Crippen molar-refractivity contribution in [1.82, 2.24) is 15.5 Å². The monoisotopic (exact) mass is 453 g/mol. The zero-order valence-corrected chi connectivity index (χ0v) is 19.7. The Labute approximate surface area is 195 Å². The van der Waals surface area contributed by atoms with Gasteiger partial charge in [-0.25, -0.2) is 0 Å². The average Bonchev–Trinajstić information content (AvgIpc) is 3.07. The van der Waals surface area contributed by atoms with Crippen molar-refractivity contribution in [3.63, 3.8) is 0 Å². The van der Waals surface area contributed by atoms with E-state index in [9.17, 15) is 14.4 Å². The van der Waals surface area contributed by atoms with E-state index in [0.717, 1.165) is 36.6 Å². The zero-order chi connectivity index (χ0) is 23.2. The summed E-state index contributed by atoms with van der Waals surface area (Å²) in [4.78, 5) is 38.2. The zero-order valence-electron chi connectivity index (χ0n) is 19.7. The van der Waals surface area contributed by atoms with Crippen molar-refractivity contribution >= 4 is 17.7 Å². The van der Waals surface area contributed by atoms with Gasteiger partial charge in [0.05, 0.1) is 0 Å². The van der Waals surface area contributed by atoms with Crippen LogP contribution in [0.25, 0.3) is 0 Å². The quantitative estimate of drug-likeness (QED) is 0.646. The van der Waals surface area contributed by atoms with Crippen molar-refractivity contribution < 1.29 is 19.1 Å². The number of hydrogen-bond acceptors (Lipinski definition) is 5. The third-order valence-electron chi connectivity index (χ3n) is 7.84. The maximum absolute atomic E-state index is 12.9. The summed E-state index contributed by atoms with van der Waals surface area (Å²) in [6.07, 6.45) is 7.93. The Balaban J connectivity index is 1.22. The molecule has 0 aromatic heterocycles. The Morgan fingerprint density at radius 1 is 1.12 bits per heavy atom. The standard InChI is InChI=1S/C26H35N3O4/c1-26(2)12-16(13-26)14-27-20-5-3-4-6-22(20)33-18-7-8-19-17(11-18)15-29(25(19)32)21-9-10-23(30)28-24(21)31/h7-8,11,16,20-22,27H,3-6,9-10,12-15H2,1-2H3,(H,28,30,31)/t20-,21?,22-/m1/s1. The van der Waals surface area contributed by atoms with Crippen LogP contribution in [0.1, 0.15) is 81.1 Å². The number of nitrogens with zero attached hydrogens (tertiary/aromatic N) is 1. The van der Waals surface area contributed by atoms with E-state index in [-0.39, 0.29) is 30.2 Å². The lowest BCUT2D eigenvalue weighted by molar-refractivity contribution is -0.136. The SMILES string of the molecule is CC1(C)CC(CN[C@@H]2CCCC[C@H]2Oc2ccc3c(c2)CN(C2CCC(=O)NC2=O)C3=O)C1. The second kappa shape index (κ2) is 8.75. The molecule has 2 aliphatic heterocycles. The van der Waals surface area contributed by atoms with Gasteiger partial charge < -0.3 is 15.0 Å². The molecule has 2 heterocycles. The Morgan fingerprint density at radius 3 is 2.67 bits per heavy atom. The van der Waals surface area contributed by atoms with Crippen LogP contribution in [0.2, 0.25) is 0 Å². The first-order valence-electron chi connectivity index (χ1n) is 12.5. The maximum Gasteiger partial charge on any atom is 0.255 e. The number of carbonyl (C=O) groups excluding carboxylic acids is 3. The van der Waals surface area contributed by atoms with Crippen LogP contribution in [0.3, 0.4) is 0 Å². The van der Waals surface area contributed by atoms with Gasteiger partial charge in [-0.05, 0) is 80.2 Å². The fourth-order valence-corrected chi connectivity index (χ4v) is 6.24. The highest BCUT2D eigenvalue weighted by atomic mass is 16.5. The van der Waals surface area contributed by atoms with E-state index < -0.39 is 6.04 Å². The van der Waals surface area contributed by atoms with E-state index >= 15 is 0 Å². The third-order valence-corrected chi connectivity index (χ3v) is 7.84. The van der Waals surface area contributed by atoms with Gasteiger partial charge >= 0.3 is 0 Å². The van der Waals surface area contributed by atoms with Gasteiger partial charge in [-0.3, -0.25) is 19.7 Å². The second-order valence-corrected chi connectivity index (χ2v) is 11.1. The van der Waals surface area contributed by atoms with Gasteiger partial charge in [0.1, 0.15) is 17.9 Å². The van der Waals surface area contributed by atoms with Gasteiger partial charge in [0.15, 0.2) is 0 Å². The lowest BCUT2D eigenvalue weighted by Gasteiger charge is -2.44. The van der Waals surface area contributed by atoms with E-state index in [4.69, 9.17) is 4.74 Å². The van der Waals surface area contributed by atoms with E-state index in [0.29, 0.717) is 30.0 Å². The van der Waals surface area contributed by atoms with Crippen LogP contribution in [0.4, 0.5) is 0 Å². The van der Waals surface area contributed by atoms with Gasteiger partial charge in [-0.1, -0.05) is 20.3 Å². The molecule has 2 N–H and O–H groups in total. The summed E-state index contributed by atoms with van der Waals surface area (Å²) in [5.41, 5.74) is 2.01. The van der Waals surface area contributed by atoms with Crippen LogP contribution >= 0.6 is 0 Å². The molecule has 0 radical (unpaired) electrons. The van der Waals surface area contributed by atoms with Gasteiger partial charge in [-0.15, -0.1) is 0 Å². The number of imide groups is 1. The summed E-state index contributed by atoms with van der Waals surface area (Å²) >= 11 is 0. The molecule has 0 bridgehead atoms. The number of carbonyl (C=O) groups is 3. The summed E-state index contributed by atoms with van der Waals surface area (Å²) in [5, 5.41) is 6.14. The minimum atomic E-state index is -0.588. The topological polar surface area (TPSA) is 87.7 Å². The van der Waals surface area contributed by atoms with Crippen molar-refractivity contribution in [2.45, 2.75) is 89.9 Å². The molecule has 4 aliphatic rings. The Morgan fingerprint density at radius 2 is 1.91 bits per heavy atom. The van der Waals surface area contributed by atoms with E-state index in [1.165, 1.54) is 25.7 Å². The number of hydrogen-bond donors (Lipinski definition) is 2. The van der Waals surface area contributed by atoms with Crippen LogP contribution < -0.4 is 15.4 Å². The molecule has 5 rings (SSSR count). The molecule has 7 heteroatoms. The van der Waals surface area contributed by atoms with Gasteiger partial charge in [0.25, 0.3) is 5.91 Å². The second-order valence-electron chi connectivity index (χ2n) is 11.1. The molecule has 3 amide bonds. The Bertz CT molecular complexity index is 951. The minimum absolute atomic E-state index is 0.133. The minimum Gasteiger partial charge on any atom is -0.489 e. The summed E-state index contributed by atoms with van der Waals surface area (Å²) in [6.45, 7) is 6.13. The summed E-state index contributed by atoms with van der Waals surface area (Å²) < 4.78 is 6.45. The molecule has 0 spiro atoms. The predicted octanol–water partition coefficient (Wildman–Crippen LogP) is 3.16. The maximum atomic E-state index is 12.9. The number of benzene rings is 1. The van der Waals surface area contributed by atoms with Crippen molar-refractivity contribution in [2.24, 2.45) is 11.3 Å². The highest BCUT2D eigenvalue weighted by molar-refractivity contribution is 6.05. The normalized spacial score (nSPS) is 29.5. The molecule has 1 saturated heterocycles. The van der Waals surface area contributed by atoms with E-state index in [2.05, 4.69) is 24.5 Å². The average molecular weight is 454 g/mol. The lowest BCUT2D eigenvalue weighted by atomic mass is 9.64. The molecular formula is C26H35N3O4. The molecule has 1 unspecified atom stereocenters. The first-order valence-corrected chi connectivity index (χ1v) is 12.5. The first-order chi connectivity index (χ1) is 15.8. The fourth-order valence-electron chi connectivity index (χ4n) is 6.24. The summed E-state index contributed by atoms with van der Waals surface area (Å²) in [6, 6.07) is 5.43. The highest BCUT2D eigenvalue weighted by Gasteiger charge is 2.40.